The highest BCUT2D eigenvalue weighted by molar-refractivity contribution is 7.14. The molecule has 1 aromatic carbocycles. The van der Waals surface area contributed by atoms with Gasteiger partial charge in [0.15, 0.2) is 11.2 Å². The van der Waals surface area contributed by atoms with Gasteiger partial charge in [-0.3, -0.25) is 15.1 Å². The number of benzene rings is 1. The van der Waals surface area contributed by atoms with Crippen LogP contribution < -0.4 is 10.1 Å². The molecular weight excluding hydrogens is 358 g/mol. The molecule has 0 radical (unpaired) electrons. The molecule has 0 spiro atoms. The first-order valence-electron chi connectivity index (χ1n) is 7.62. The Morgan fingerprint density at radius 2 is 2.20 bits per heavy atom. The second-order valence-electron chi connectivity index (χ2n) is 5.44. The third kappa shape index (κ3) is 4.35. The lowest BCUT2D eigenvalue weighted by atomic mass is 10.2. The number of amides is 1. The molecule has 0 aliphatic rings. The Balaban J connectivity index is 1.65. The third-order valence-corrected chi connectivity index (χ3v) is 4.49. The summed E-state index contributed by atoms with van der Waals surface area (Å²) in [6, 6.07) is 9.05. The number of anilines is 1. The molecule has 5 nitrogen and oxygen atoms in total. The maximum atomic E-state index is 12.3. The number of rotatable bonds is 5. The van der Waals surface area contributed by atoms with E-state index in [0.717, 1.165) is 16.8 Å². The van der Waals surface area contributed by atoms with Crippen LogP contribution in [0.3, 0.4) is 0 Å². The molecule has 1 atom stereocenters. The van der Waals surface area contributed by atoms with Gasteiger partial charge >= 0.3 is 0 Å². The fourth-order valence-electron chi connectivity index (χ4n) is 2.17. The SMILES string of the molecule is Cc1cc(Cl)ccc1OC(C)C(=O)Nc1nc(-c2cccnc2)cs1. The Bertz CT molecular complexity index is 883. The second kappa shape index (κ2) is 7.63. The van der Waals surface area contributed by atoms with Crippen LogP contribution >= 0.6 is 22.9 Å². The van der Waals surface area contributed by atoms with Crippen LogP contribution in [0.4, 0.5) is 5.13 Å². The topological polar surface area (TPSA) is 64.1 Å². The van der Waals surface area contributed by atoms with E-state index in [0.29, 0.717) is 15.9 Å². The molecule has 2 heterocycles. The highest BCUT2D eigenvalue weighted by Crippen LogP contribution is 2.25. The first kappa shape index (κ1) is 17.4. The van der Waals surface area contributed by atoms with E-state index in [1.165, 1.54) is 11.3 Å². The van der Waals surface area contributed by atoms with Gasteiger partial charge in [-0.05, 0) is 49.7 Å². The molecule has 1 N–H and O–H groups in total. The average molecular weight is 374 g/mol. The summed E-state index contributed by atoms with van der Waals surface area (Å²) in [4.78, 5) is 20.8. The van der Waals surface area contributed by atoms with Gasteiger partial charge in [-0.15, -0.1) is 11.3 Å². The molecule has 3 aromatic rings. The molecule has 1 unspecified atom stereocenters. The first-order valence-corrected chi connectivity index (χ1v) is 8.88. The Morgan fingerprint density at radius 3 is 2.92 bits per heavy atom. The normalized spacial score (nSPS) is 11.8. The molecule has 128 valence electrons. The molecule has 7 heteroatoms. The van der Waals surface area contributed by atoms with Crippen molar-refractivity contribution in [3.05, 3.63) is 58.7 Å². The summed E-state index contributed by atoms with van der Waals surface area (Å²) in [5, 5.41) is 5.81. The molecular formula is C18H16ClN3O2S. The van der Waals surface area contributed by atoms with E-state index in [9.17, 15) is 4.79 Å². The Morgan fingerprint density at radius 1 is 1.36 bits per heavy atom. The van der Waals surface area contributed by atoms with Crippen LogP contribution in [-0.4, -0.2) is 22.0 Å². The summed E-state index contributed by atoms with van der Waals surface area (Å²) >= 11 is 7.29. The zero-order valence-electron chi connectivity index (χ0n) is 13.7. The standard InChI is InChI=1S/C18H16ClN3O2S/c1-11-8-14(19)5-6-16(11)24-12(2)17(23)22-18-21-15(10-25-18)13-4-3-7-20-9-13/h3-10,12H,1-2H3,(H,21,22,23). The minimum Gasteiger partial charge on any atom is -0.481 e. The van der Waals surface area contributed by atoms with Crippen molar-refractivity contribution >= 4 is 34.0 Å². The van der Waals surface area contributed by atoms with Gasteiger partial charge < -0.3 is 4.74 Å². The largest absolute Gasteiger partial charge is 0.481 e. The molecule has 0 aliphatic carbocycles. The van der Waals surface area contributed by atoms with Gasteiger partial charge in [0.05, 0.1) is 5.69 Å². The number of ether oxygens (including phenoxy) is 1. The molecule has 3 rings (SSSR count). The van der Waals surface area contributed by atoms with Gasteiger partial charge in [0.1, 0.15) is 5.75 Å². The van der Waals surface area contributed by atoms with Crippen LogP contribution in [-0.2, 0) is 4.79 Å². The monoisotopic (exact) mass is 373 g/mol. The van der Waals surface area contributed by atoms with Gasteiger partial charge in [-0.1, -0.05) is 11.6 Å². The van der Waals surface area contributed by atoms with Crippen molar-refractivity contribution in [2.75, 3.05) is 5.32 Å². The van der Waals surface area contributed by atoms with Crippen LogP contribution in [0, 0.1) is 6.92 Å². The number of carbonyl (C=O) groups excluding carboxylic acids is 1. The summed E-state index contributed by atoms with van der Waals surface area (Å²) in [6.45, 7) is 3.58. The van der Waals surface area contributed by atoms with Crippen LogP contribution in [0.15, 0.2) is 48.1 Å². The van der Waals surface area contributed by atoms with E-state index in [1.54, 1.807) is 37.5 Å². The van der Waals surface area contributed by atoms with Crippen molar-refractivity contribution in [2.45, 2.75) is 20.0 Å². The van der Waals surface area contributed by atoms with Gasteiger partial charge in [-0.25, -0.2) is 4.98 Å². The molecule has 1 amide bonds. The first-order chi connectivity index (χ1) is 12.0. The van der Waals surface area contributed by atoms with Crippen molar-refractivity contribution in [1.29, 1.82) is 0 Å². The number of hydrogen-bond acceptors (Lipinski definition) is 5. The van der Waals surface area contributed by atoms with E-state index in [-0.39, 0.29) is 5.91 Å². The second-order valence-corrected chi connectivity index (χ2v) is 6.73. The highest BCUT2D eigenvalue weighted by atomic mass is 35.5. The van der Waals surface area contributed by atoms with Crippen LogP contribution in [0.1, 0.15) is 12.5 Å². The summed E-state index contributed by atoms with van der Waals surface area (Å²) in [6.07, 6.45) is 2.78. The number of hydrogen-bond donors (Lipinski definition) is 1. The lowest BCUT2D eigenvalue weighted by Crippen LogP contribution is -2.30. The number of carbonyl (C=O) groups is 1. The Hall–Kier alpha value is -2.44. The van der Waals surface area contributed by atoms with Crippen LogP contribution in [0.25, 0.3) is 11.3 Å². The van der Waals surface area contributed by atoms with Gasteiger partial charge in [0.25, 0.3) is 5.91 Å². The molecule has 2 aromatic heterocycles. The predicted molar refractivity (Wildman–Crippen MR) is 100 cm³/mol. The molecule has 0 saturated carbocycles. The van der Waals surface area contributed by atoms with Gasteiger partial charge in [0.2, 0.25) is 0 Å². The number of aryl methyl sites for hydroxylation is 1. The lowest BCUT2D eigenvalue weighted by Gasteiger charge is -2.15. The van der Waals surface area contributed by atoms with E-state index >= 15 is 0 Å². The molecule has 0 saturated heterocycles. The zero-order valence-corrected chi connectivity index (χ0v) is 15.3. The summed E-state index contributed by atoms with van der Waals surface area (Å²) in [5.74, 6) is 0.365. The quantitative estimate of drug-likeness (QED) is 0.711. The number of pyridine rings is 1. The summed E-state index contributed by atoms with van der Waals surface area (Å²) in [5.41, 5.74) is 2.55. The number of thiazole rings is 1. The molecule has 25 heavy (non-hydrogen) atoms. The molecule has 0 fully saturated rings. The maximum absolute atomic E-state index is 12.3. The van der Waals surface area contributed by atoms with Crippen LogP contribution in [0.5, 0.6) is 5.75 Å². The van der Waals surface area contributed by atoms with Crippen molar-refractivity contribution in [2.24, 2.45) is 0 Å². The summed E-state index contributed by atoms with van der Waals surface area (Å²) in [7, 11) is 0. The average Bonchev–Trinajstić information content (AvgIpc) is 3.06. The minimum atomic E-state index is -0.661. The Labute approximate surface area is 154 Å². The highest BCUT2D eigenvalue weighted by Gasteiger charge is 2.17. The maximum Gasteiger partial charge on any atom is 0.266 e. The van der Waals surface area contributed by atoms with E-state index in [1.807, 2.05) is 24.4 Å². The van der Waals surface area contributed by atoms with Gasteiger partial charge in [0, 0.05) is 28.4 Å². The summed E-state index contributed by atoms with van der Waals surface area (Å²) < 4.78 is 5.72. The Kier molecular flexibility index (Phi) is 5.31. The van der Waals surface area contributed by atoms with Gasteiger partial charge in [-0.2, -0.15) is 0 Å². The number of halogens is 1. The fraction of sp³-hybridized carbons (Fsp3) is 0.167. The van der Waals surface area contributed by atoms with Crippen molar-refractivity contribution < 1.29 is 9.53 Å². The fourth-order valence-corrected chi connectivity index (χ4v) is 3.12. The van der Waals surface area contributed by atoms with E-state index < -0.39 is 6.10 Å². The molecule has 0 aliphatic heterocycles. The van der Waals surface area contributed by atoms with E-state index in [2.05, 4.69) is 15.3 Å². The van der Waals surface area contributed by atoms with Crippen LogP contribution in [0.2, 0.25) is 5.02 Å². The van der Waals surface area contributed by atoms with Crippen molar-refractivity contribution in [1.82, 2.24) is 9.97 Å². The number of nitrogens with one attached hydrogen (secondary N) is 1. The smallest absolute Gasteiger partial charge is 0.266 e. The lowest BCUT2D eigenvalue weighted by molar-refractivity contribution is -0.122. The number of nitrogens with zero attached hydrogens (tertiary/aromatic N) is 2. The third-order valence-electron chi connectivity index (χ3n) is 3.50. The minimum absolute atomic E-state index is 0.263. The van der Waals surface area contributed by atoms with E-state index in [4.69, 9.17) is 16.3 Å². The molecule has 0 bridgehead atoms. The predicted octanol–water partition coefficient (Wildman–Crippen LogP) is 4.57. The zero-order chi connectivity index (χ0) is 17.8. The number of aromatic nitrogens is 2. The van der Waals surface area contributed by atoms with Crippen molar-refractivity contribution in [3.8, 4) is 17.0 Å². The van der Waals surface area contributed by atoms with Crippen molar-refractivity contribution in [3.63, 3.8) is 0 Å².